The van der Waals surface area contributed by atoms with Gasteiger partial charge in [0.2, 0.25) is 0 Å². The fraction of sp³-hybridized carbons (Fsp3) is 0.379. The molecule has 0 radical (unpaired) electrons. The molecule has 0 saturated carbocycles. The van der Waals surface area contributed by atoms with Crippen molar-refractivity contribution in [3.8, 4) is 0 Å². The predicted molar refractivity (Wildman–Crippen MR) is 155 cm³/mol. The molecule has 0 bridgehead atoms. The van der Waals surface area contributed by atoms with E-state index in [-0.39, 0.29) is 41.5 Å². The molecule has 2 fully saturated rings. The number of thioether (sulfide) groups is 1. The van der Waals surface area contributed by atoms with Crippen LogP contribution in [0.25, 0.3) is 17.0 Å². The first-order valence-electron chi connectivity index (χ1n) is 13.3. The summed E-state index contributed by atoms with van der Waals surface area (Å²) in [6, 6.07) is 7.71. The monoisotopic (exact) mass is 636 g/mol. The van der Waals surface area contributed by atoms with E-state index in [1.54, 1.807) is 39.0 Å². The van der Waals surface area contributed by atoms with Gasteiger partial charge in [-0.2, -0.15) is 18.3 Å². The first-order valence-corrected chi connectivity index (χ1v) is 14.5. The van der Waals surface area contributed by atoms with Crippen LogP contribution in [0.1, 0.15) is 43.9 Å². The van der Waals surface area contributed by atoms with Crippen LogP contribution in [0.2, 0.25) is 5.02 Å². The number of piperidine rings is 1. The number of hydrogen-bond acceptors (Lipinski definition) is 7. The molecule has 2 atom stereocenters. The number of nitrogens with zero attached hydrogens (tertiary/aromatic N) is 4. The summed E-state index contributed by atoms with van der Waals surface area (Å²) >= 11 is 6.52. The number of aliphatic hydroxyl groups excluding tert-OH is 1. The third-order valence-corrected chi connectivity index (χ3v) is 8.13. The summed E-state index contributed by atoms with van der Waals surface area (Å²) in [5, 5.41) is 14.9. The van der Waals surface area contributed by atoms with E-state index < -0.39 is 46.7 Å². The van der Waals surface area contributed by atoms with E-state index in [0.717, 1.165) is 22.7 Å². The zero-order chi connectivity index (χ0) is 31.3. The van der Waals surface area contributed by atoms with Crippen LogP contribution in [0.4, 0.5) is 22.8 Å². The lowest BCUT2D eigenvalue weighted by atomic mass is 10.0. The number of aliphatic hydroxyl groups is 1. The van der Waals surface area contributed by atoms with Crippen LogP contribution in [0.3, 0.4) is 0 Å². The van der Waals surface area contributed by atoms with E-state index in [1.807, 2.05) is 0 Å². The molecule has 3 aromatic rings. The van der Waals surface area contributed by atoms with Crippen LogP contribution < -0.4 is 0 Å². The zero-order valence-electron chi connectivity index (χ0n) is 23.4. The summed E-state index contributed by atoms with van der Waals surface area (Å²) in [4.78, 5) is 41.3. The number of rotatable bonds is 4. The van der Waals surface area contributed by atoms with Gasteiger partial charge in [-0.25, -0.2) is 4.79 Å². The van der Waals surface area contributed by atoms with Gasteiger partial charge in [0.15, 0.2) is 0 Å². The number of carbonyl (C=O) groups excluding carboxylic acids is 3. The molecule has 3 heterocycles. The number of imide groups is 1. The minimum absolute atomic E-state index is 0.00906. The van der Waals surface area contributed by atoms with E-state index >= 15 is 0 Å². The molecule has 2 saturated heterocycles. The number of ether oxygens (including phenoxy) is 1. The first-order chi connectivity index (χ1) is 20.1. The lowest BCUT2D eigenvalue weighted by Gasteiger charge is -2.39. The van der Waals surface area contributed by atoms with Gasteiger partial charge in [0.05, 0.1) is 40.9 Å². The summed E-state index contributed by atoms with van der Waals surface area (Å²) in [5.74, 6) is -0.594. The molecular formula is C29H28ClF3N4O5S. The molecule has 1 N–H and O–H groups in total. The van der Waals surface area contributed by atoms with Crippen molar-refractivity contribution in [1.82, 2.24) is 19.6 Å². The van der Waals surface area contributed by atoms with E-state index in [9.17, 15) is 32.7 Å². The Morgan fingerprint density at radius 1 is 1.19 bits per heavy atom. The Morgan fingerprint density at radius 2 is 1.93 bits per heavy atom. The number of alkyl halides is 3. The largest absolute Gasteiger partial charge is 0.444 e. The maximum Gasteiger partial charge on any atom is 0.416 e. The molecule has 0 unspecified atom stereocenters. The molecule has 14 heteroatoms. The normalized spacial score (nSPS) is 20.9. The van der Waals surface area contributed by atoms with Crippen molar-refractivity contribution in [3.63, 3.8) is 0 Å². The van der Waals surface area contributed by atoms with Gasteiger partial charge in [0.1, 0.15) is 5.60 Å². The Labute approximate surface area is 254 Å². The summed E-state index contributed by atoms with van der Waals surface area (Å²) in [6.07, 6.45) is -2.97. The summed E-state index contributed by atoms with van der Waals surface area (Å²) in [7, 11) is 0. The number of hydrogen-bond donors (Lipinski definition) is 1. The SMILES string of the molecule is CC(C)(C)OC(=O)N1CC[C@@H](O)[C@H](N2C(=O)SC(=Cc3ccc4c(cnn4Cc4ccc(Cl)cc4C(F)(F)F)c3)C2=O)C1. The molecule has 0 aliphatic carbocycles. The van der Waals surface area contributed by atoms with Crippen molar-refractivity contribution in [2.24, 2.45) is 0 Å². The number of likely N-dealkylation sites (tertiary alicyclic amines) is 1. The molecule has 0 spiro atoms. The highest BCUT2D eigenvalue weighted by molar-refractivity contribution is 8.18. The highest BCUT2D eigenvalue weighted by atomic mass is 35.5. The van der Waals surface area contributed by atoms with E-state index in [2.05, 4.69) is 5.10 Å². The molecule has 43 heavy (non-hydrogen) atoms. The van der Waals surface area contributed by atoms with Gasteiger partial charge in [-0.15, -0.1) is 0 Å². The van der Waals surface area contributed by atoms with Crippen LogP contribution in [0.5, 0.6) is 0 Å². The highest BCUT2D eigenvalue weighted by Gasteiger charge is 2.45. The smallest absolute Gasteiger partial charge is 0.416 e. The molecule has 228 valence electrons. The van der Waals surface area contributed by atoms with Crippen molar-refractivity contribution in [2.45, 2.75) is 57.7 Å². The van der Waals surface area contributed by atoms with Gasteiger partial charge in [-0.05, 0) is 80.4 Å². The fourth-order valence-electron chi connectivity index (χ4n) is 5.02. The molecule has 2 aromatic carbocycles. The molecule has 2 aliphatic rings. The van der Waals surface area contributed by atoms with Gasteiger partial charge in [0, 0.05) is 23.5 Å². The summed E-state index contributed by atoms with van der Waals surface area (Å²) < 4.78 is 47.6. The van der Waals surface area contributed by atoms with E-state index in [0.29, 0.717) is 16.5 Å². The standard InChI is InChI=1S/C29H28ClF3N4O5S/c1-28(2,3)42-26(40)35-9-8-23(38)22(15-35)37-25(39)24(43-27(37)41)11-16-4-7-21-18(10-16)13-34-36(21)14-17-5-6-19(30)12-20(17)29(31,32)33/h4-7,10-13,22-23,38H,8-9,14-15H2,1-3H3/t22-,23-/m1/s1. The average Bonchev–Trinajstić information content (AvgIpc) is 3.42. The Kier molecular flexibility index (Phi) is 8.27. The maximum absolute atomic E-state index is 13.6. The lowest BCUT2D eigenvalue weighted by molar-refractivity contribution is -0.138. The Morgan fingerprint density at radius 3 is 2.63 bits per heavy atom. The zero-order valence-corrected chi connectivity index (χ0v) is 25.0. The van der Waals surface area contributed by atoms with Crippen LogP contribution in [-0.4, -0.2) is 72.8 Å². The van der Waals surface area contributed by atoms with Gasteiger partial charge < -0.3 is 14.7 Å². The molecule has 3 amide bonds. The second-order valence-corrected chi connectivity index (χ2v) is 12.8. The van der Waals surface area contributed by atoms with E-state index in [1.165, 1.54) is 34.0 Å². The average molecular weight is 637 g/mol. The molecule has 1 aromatic heterocycles. The highest BCUT2D eigenvalue weighted by Crippen LogP contribution is 2.37. The number of amides is 3. The molecular weight excluding hydrogens is 609 g/mol. The van der Waals surface area contributed by atoms with Crippen molar-refractivity contribution >= 4 is 57.6 Å². The van der Waals surface area contributed by atoms with Crippen LogP contribution >= 0.6 is 23.4 Å². The van der Waals surface area contributed by atoms with Crippen molar-refractivity contribution in [3.05, 3.63) is 69.2 Å². The van der Waals surface area contributed by atoms with Crippen molar-refractivity contribution in [2.75, 3.05) is 13.1 Å². The van der Waals surface area contributed by atoms with Crippen LogP contribution in [0.15, 0.2) is 47.5 Å². The molecule has 9 nitrogen and oxygen atoms in total. The van der Waals surface area contributed by atoms with Gasteiger partial charge in [-0.3, -0.25) is 19.2 Å². The maximum atomic E-state index is 13.6. The number of benzene rings is 2. The quantitative estimate of drug-likeness (QED) is 0.342. The summed E-state index contributed by atoms with van der Waals surface area (Å²) in [6.45, 7) is 5.21. The topological polar surface area (TPSA) is 105 Å². The van der Waals surface area contributed by atoms with Crippen molar-refractivity contribution in [1.29, 1.82) is 0 Å². The minimum Gasteiger partial charge on any atom is -0.444 e. The third-order valence-electron chi connectivity index (χ3n) is 7.01. The Bertz CT molecular complexity index is 1630. The van der Waals surface area contributed by atoms with Gasteiger partial charge in [-0.1, -0.05) is 23.7 Å². The van der Waals surface area contributed by atoms with E-state index in [4.69, 9.17) is 16.3 Å². The Balaban J connectivity index is 1.35. The van der Waals surface area contributed by atoms with Gasteiger partial charge >= 0.3 is 12.3 Å². The third kappa shape index (κ3) is 6.68. The predicted octanol–water partition coefficient (Wildman–Crippen LogP) is 6.16. The fourth-order valence-corrected chi connectivity index (χ4v) is 6.07. The first kappa shape index (κ1) is 30.9. The number of fused-ring (bicyclic) bond motifs is 1. The van der Waals surface area contributed by atoms with Crippen LogP contribution in [0, 0.1) is 0 Å². The van der Waals surface area contributed by atoms with Crippen molar-refractivity contribution < 1.29 is 37.4 Å². The minimum atomic E-state index is -4.58. The lowest BCUT2D eigenvalue weighted by Crippen LogP contribution is -2.58. The Hall–Kier alpha value is -3.55. The molecule has 2 aliphatic heterocycles. The second-order valence-electron chi connectivity index (χ2n) is 11.3. The van der Waals surface area contributed by atoms with Gasteiger partial charge in [0.25, 0.3) is 11.1 Å². The van der Waals surface area contributed by atoms with Crippen LogP contribution in [-0.2, 0) is 22.3 Å². The number of halogens is 4. The summed E-state index contributed by atoms with van der Waals surface area (Å²) in [5.41, 5.74) is -0.420. The second kappa shape index (κ2) is 11.5. The number of carbonyl (C=O) groups is 3. The number of aromatic nitrogens is 2. The molecule has 5 rings (SSSR count).